The number of aliphatic imine (C=N–C) groups is 1. The van der Waals surface area contributed by atoms with E-state index in [-0.39, 0.29) is 0 Å². The van der Waals surface area contributed by atoms with E-state index in [1.807, 2.05) is 6.07 Å². The Balaban J connectivity index is 2.23. The van der Waals surface area contributed by atoms with Crippen LogP contribution in [0.4, 0.5) is 5.69 Å². The fraction of sp³-hybridized carbons (Fsp3) is 0.182. The molecule has 1 aromatic rings. The summed E-state index contributed by atoms with van der Waals surface area (Å²) < 4.78 is 0. The van der Waals surface area contributed by atoms with Gasteiger partial charge in [0.25, 0.3) is 0 Å². The SMILES string of the molecule is C1=C2C(=Nc3ccccc32)CNC1. The topological polar surface area (TPSA) is 24.4 Å². The zero-order valence-electron chi connectivity index (χ0n) is 7.25. The Labute approximate surface area is 77.0 Å². The summed E-state index contributed by atoms with van der Waals surface area (Å²) in [5, 5.41) is 3.28. The molecule has 0 saturated carbocycles. The van der Waals surface area contributed by atoms with Gasteiger partial charge in [-0.15, -0.1) is 0 Å². The minimum Gasteiger partial charge on any atom is -0.308 e. The van der Waals surface area contributed by atoms with Crippen LogP contribution in [0.2, 0.25) is 0 Å². The molecule has 0 aliphatic carbocycles. The molecule has 0 unspecified atom stereocenters. The molecular formula is C11H10N2. The average molecular weight is 170 g/mol. The lowest BCUT2D eigenvalue weighted by atomic mass is 10.0. The third-order valence-corrected chi connectivity index (χ3v) is 2.50. The minimum absolute atomic E-state index is 0.903. The third kappa shape index (κ3) is 0.956. The number of benzene rings is 1. The highest BCUT2D eigenvalue weighted by molar-refractivity contribution is 6.30. The Morgan fingerprint density at radius 3 is 3.15 bits per heavy atom. The second-order valence-corrected chi connectivity index (χ2v) is 3.32. The van der Waals surface area contributed by atoms with E-state index in [2.05, 4.69) is 34.6 Å². The van der Waals surface area contributed by atoms with Crippen molar-refractivity contribution in [1.29, 1.82) is 0 Å². The summed E-state index contributed by atoms with van der Waals surface area (Å²) in [6.45, 7) is 1.86. The van der Waals surface area contributed by atoms with Gasteiger partial charge in [-0.2, -0.15) is 0 Å². The number of hydrogen-bond acceptors (Lipinski definition) is 2. The van der Waals surface area contributed by atoms with Gasteiger partial charge in [0, 0.05) is 24.2 Å². The van der Waals surface area contributed by atoms with E-state index < -0.39 is 0 Å². The van der Waals surface area contributed by atoms with Gasteiger partial charge in [-0.25, -0.2) is 0 Å². The molecule has 0 amide bonds. The molecule has 2 nitrogen and oxygen atoms in total. The fourth-order valence-corrected chi connectivity index (χ4v) is 1.89. The first kappa shape index (κ1) is 7.04. The number of rotatable bonds is 0. The second-order valence-electron chi connectivity index (χ2n) is 3.32. The van der Waals surface area contributed by atoms with Crippen molar-refractivity contribution in [3.05, 3.63) is 35.9 Å². The molecule has 2 aliphatic rings. The number of nitrogens with zero attached hydrogens (tertiary/aromatic N) is 1. The molecule has 0 fully saturated rings. The van der Waals surface area contributed by atoms with Crippen molar-refractivity contribution in [3.8, 4) is 0 Å². The highest BCUT2D eigenvalue weighted by Gasteiger charge is 2.21. The molecule has 0 radical (unpaired) electrons. The van der Waals surface area contributed by atoms with Crippen LogP contribution in [0.25, 0.3) is 5.57 Å². The molecule has 0 saturated heterocycles. The third-order valence-electron chi connectivity index (χ3n) is 2.50. The summed E-state index contributed by atoms with van der Waals surface area (Å²) in [4.78, 5) is 4.56. The molecule has 0 atom stereocenters. The summed E-state index contributed by atoms with van der Waals surface area (Å²) >= 11 is 0. The largest absolute Gasteiger partial charge is 0.308 e. The van der Waals surface area contributed by atoms with Crippen molar-refractivity contribution >= 4 is 17.0 Å². The van der Waals surface area contributed by atoms with Crippen LogP contribution in [0.1, 0.15) is 5.56 Å². The Morgan fingerprint density at radius 1 is 1.23 bits per heavy atom. The maximum Gasteiger partial charge on any atom is 0.0712 e. The van der Waals surface area contributed by atoms with Crippen molar-refractivity contribution in [2.24, 2.45) is 4.99 Å². The van der Waals surface area contributed by atoms with Gasteiger partial charge in [0.15, 0.2) is 0 Å². The van der Waals surface area contributed by atoms with E-state index in [0.29, 0.717) is 0 Å². The predicted octanol–water partition coefficient (Wildman–Crippen LogP) is 1.76. The highest BCUT2D eigenvalue weighted by Crippen LogP contribution is 2.34. The van der Waals surface area contributed by atoms with Gasteiger partial charge in [0.1, 0.15) is 0 Å². The predicted molar refractivity (Wildman–Crippen MR) is 54.4 cm³/mol. The Morgan fingerprint density at radius 2 is 2.15 bits per heavy atom. The molecule has 1 N–H and O–H groups in total. The lowest BCUT2D eigenvalue weighted by molar-refractivity contribution is 0.858. The van der Waals surface area contributed by atoms with Gasteiger partial charge in [0.2, 0.25) is 0 Å². The van der Waals surface area contributed by atoms with Crippen LogP contribution in [0, 0.1) is 0 Å². The van der Waals surface area contributed by atoms with Gasteiger partial charge >= 0.3 is 0 Å². The molecule has 13 heavy (non-hydrogen) atoms. The van der Waals surface area contributed by atoms with Crippen LogP contribution in [0.5, 0.6) is 0 Å². The van der Waals surface area contributed by atoms with Crippen LogP contribution in [0.3, 0.4) is 0 Å². The zero-order valence-corrected chi connectivity index (χ0v) is 7.25. The highest BCUT2D eigenvalue weighted by atomic mass is 14.9. The van der Waals surface area contributed by atoms with Gasteiger partial charge in [-0.05, 0) is 6.07 Å². The van der Waals surface area contributed by atoms with Crippen molar-refractivity contribution in [3.63, 3.8) is 0 Å². The quantitative estimate of drug-likeness (QED) is 0.630. The standard InChI is InChI=1S/C11H10N2/c1-2-4-10-8(3-1)9-5-6-12-7-11(9)13-10/h1-5,12H,6-7H2. The smallest absolute Gasteiger partial charge is 0.0712 e. The maximum absolute atomic E-state index is 4.56. The maximum atomic E-state index is 4.56. The fourth-order valence-electron chi connectivity index (χ4n) is 1.89. The molecule has 2 heterocycles. The Hall–Kier alpha value is -1.41. The molecule has 1 aromatic carbocycles. The van der Waals surface area contributed by atoms with Gasteiger partial charge < -0.3 is 5.32 Å². The lowest BCUT2D eigenvalue weighted by Gasteiger charge is -2.11. The monoisotopic (exact) mass is 170 g/mol. The van der Waals surface area contributed by atoms with Crippen LogP contribution < -0.4 is 5.32 Å². The van der Waals surface area contributed by atoms with Crippen molar-refractivity contribution in [2.75, 3.05) is 13.1 Å². The summed E-state index contributed by atoms with van der Waals surface area (Å²) in [7, 11) is 0. The lowest BCUT2D eigenvalue weighted by Crippen LogP contribution is -2.27. The van der Waals surface area contributed by atoms with E-state index in [1.165, 1.54) is 16.8 Å². The molecule has 64 valence electrons. The molecule has 2 aliphatic heterocycles. The molecule has 3 rings (SSSR count). The van der Waals surface area contributed by atoms with E-state index >= 15 is 0 Å². The van der Waals surface area contributed by atoms with E-state index in [0.717, 1.165) is 18.8 Å². The number of fused-ring (bicyclic) bond motifs is 3. The first-order valence-corrected chi connectivity index (χ1v) is 4.53. The van der Waals surface area contributed by atoms with Crippen LogP contribution >= 0.6 is 0 Å². The molecule has 0 bridgehead atoms. The van der Waals surface area contributed by atoms with Crippen LogP contribution in [-0.2, 0) is 0 Å². The first-order chi connectivity index (χ1) is 6.45. The van der Waals surface area contributed by atoms with Crippen molar-refractivity contribution in [1.82, 2.24) is 5.32 Å². The summed E-state index contributed by atoms with van der Waals surface area (Å²) in [6.07, 6.45) is 2.22. The minimum atomic E-state index is 0.903. The van der Waals surface area contributed by atoms with Crippen molar-refractivity contribution in [2.45, 2.75) is 0 Å². The Bertz CT molecular complexity index is 416. The first-order valence-electron chi connectivity index (χ1n) is 4.53. The normalized spacial score (nSPS) is 18.8. The molecular weight excluding hydrogens is 160 g/mol. The average Bonchev–Trinajstić information content (AvgIpc) is 2.56. The summed E-state index contributed by atoms with van der Waals surface area (Å²) in [6, 6.07) is 8.32. The Kier molecular flexibility index (Phi) is 1.37. The number of para-hydroxylation sites is 1. The van der Waals surface area contributed by atoms with Crippen LogP contribution in [-0.4, -0.2) is 18.8 Å². The zero-order chi connectivity index (χ0) is 8.67. The van der Waals surface area contributed by atoms with Gasteiger partial charge in [-0.1, -0.05) is 24.3 Å². The molecule has 0 aromatic heterocycles. The molecule has 2 heteroatoms. The van der Waals surface area contributed by atoms with E-state index in [4.69, 9.17) is 0 Å². The summed E-state index contributed by atoms with van der Waals surface area (Å²) in [5.74, 6) is 0. The van der Waals surface area contributed by atoms with Crippen molar-refractivity contribution < 1.29 is 0 Å². The number of nitrogens with one attached hydrogen (secondary N) is 1. The van der Waals surface area contributed by atoms with E-state index in [9.17, 15) is 0 Å². The van der Waals surface area contributed by atoms with E-state index in [1.54, 1.807) is 0 Å². The summed E-state index contributed by atoms with van der Waals surface area (Å²) in [5.41, 5.74) is 4.92. The van der Waals surface area contributed by atoms with Gasteiger partial charge in [-0.3, -0.25) is 4.99 Å². The molecule has 0 spiro atoms. The van der Waals surface area contributed by atoms with Crippen LogP contribution in [0.15, 0.2) is 35.3 Å². The number of hydrogen-bond donors (Lipinski definition) is 1. The second kappa shape index (κ2) is 2.54. The van der Waals surface area contributed by atoms with Gasteiger partial charge in [0.05, 0.1) is 11.4 Å².